The van der Waals surface area contributed by atoms with Gasteiger partial charge in [-0.05, 0) is 26.0 Å². The van der Waals surface area contributed by atoms with Crippen LogP contribution >= 0.6 is 0 Å². The molecule has 0 unspecified atom stereocenters. The number of aryl methyl sites for hydroxylation is 1. The van der Waals surface area contributed by atoms with Gasteiger partial charge in [0.1, 0.15) is 11.6 Å². The highest BCUT2D eigenvalue weighted by Crippen LogP contribution is 2.30. The van der Waals surface area contributed by atoms with Gasteiger partial charge >= 0.3 is 0 Å². The molecule has 1 heterocycles. The molecule has 0 saturated heterocycles. The molecule has 2 rings (SSSR count). The van der Waals surface area contributed by atoms with Crippen LogP contribution in [-0.2, 0) is 0 Å². The highest BCUT2D eigenvalue weighted by molar-refractivity contribution is 5.95. The molecular weight excluding hydrogens is 228 g/mol. The number of carbonyl (C=O) groups is 1. The average molecular weight is 242 g/mol. The van der Waals surface area contributed by atoms with Crippen LogP contribution in [0.15, 0.2) is 30.6 Å². The highest BCUT2D eigenvalue weighted by atomic mass is 16.5. The molecule has 0 aliphatic heterocycles. The first kappa shape index (κ1) is 12.2. The van der Waals surface area contributed by atoms with Crippen molar-refractivity contribution < 1.29 is 9.53 Å². The largest absolute Gasteiger partial charge is 0.496 e. The van der Waals surface area contributed by atoms with Crippen LogP contribution in [0.1, 0.15) is 23.1 Å². The monoisotopic (exact) mass is 242 g/mol. The molecule has 92 valence electrons. The number of hydrogen-bond acceptors (Lipinski definition) is 4. The molecule has 18 heavy (non-hydrogen) atoms. The van der Waals surface area contributed by atoms with Crippen LogP contribution in [0.5, 0.6) is 5.75 Å². The molecule has 0 aliphatic rings. The SMILES string of the molecule is COc1cc(C(C)=O)ccc1-c1cnc(C)nc1. The molecule has 0 radical (unpaired) electrons. The number of nitrogens with zero attached hydrogens (tertiary/aromatic N) is 2. The van der Waals surface area contributed by atoms with Gasteiger partial charge in [-0.2, -0.15) is 0 Å². The summed E-state index contributed by atoms with van der Waals surface area (Å²) in [5.41, 5.74) is 2.37. The van der Waals surface area contributed by atoms with Gasteiger partial charge < -0.3 is 4.74 Å². The Balaban J connectivity index is 2.50. The quantitative estimate of drug-likeness (QED) is 0.776. The highest BCUT2D eigenvalue weighted by Gasteiger charge is 2.09. The van der Waals surface area contributed by atoms with E-state index in [-0.39, 0.29) is 5.78 Å². The van der Waals surface area contributed by atoms with Crippen LogP contribution in [0.4, 0.5) is 0 Å². The lowest BCUT2D eigenvalue weighted by molar-refractivity contribution is 0.101. The van der Waals surface area contributed by atoms with E-state index < -0.39 is 0 Å². The van der Waals surface area contributed by atoms with Gasteiger partial charge in [0.25, 0.3) is 0 Å². The first-order valence-corrected chi connectivity index (χ1v) is 5.60. The van der Waals surface area contributed by atoms with Crippen LogP contribution in [-0.4, -0.2) is 22.9 Å². The van der Waals surface area contributed by atoms with Gasteiger partial charge in [0.15, 0.2) is 5.78 Å². The minimum atomic E-state index is 0.0139. The summed E-state index contributed by atoms with van der Waals surface area (Å²) in [4.78, 5) is 19.6. The molecule has 0 amide bonds. The molecule has 0 atom stereocenters. The third-order valence-electron chi connectivity index (χ3n) is 2.70. The van der Waals surface area contributed by atoms with E-state index in [4.69, 9.17) is 4.74 Å². The number of ether oxygens (including phenoxy) is 1. The van der Waals surface area contributed by atoms with Crippen molar-refractivity contribution in [3.8, 4) is 16.9 Å². The zero-order valence-corrected chi connectivity index (χ0v) is 10.6. The van der Waals surface area contributed by atoms with Crippen molar-refractivity contribution in [3.63, 3.8) is 0 Å². The minimum absolute atomic E-state index is 0.0139. The van der Waals surface area contributed by atoms with Crippen LogP contribution in [0.25, 0.3) is 11.1 Å². The number of aromatic nitrogens is 2. The molecule has 0 aliphatic carbocycles. The predicted molar refractivity (Wildman–Crippen MR) is 68.8 cm³/mol. The van der Waals surface area contributed by atoms with E-state index in [2.05, 4.69) is 9.97 Å². The van der Waals surface area contributed by atoms with Crippen LogP contribution in [0.3, 0.4) is 0 Å². The Hall–Kier alpha value is -2.23. The molecule has 0 bridgehead atoms. The summed E-state index contributed by atoms with van der Waals surface area (Å²) in [6, 6.07) is 5.36. The molecule has 0 N–H and O–H groups in total. The normalized spacial score (nSPS) is 10.2. The Kier molecular flexibility index (Phi) is 3.37. The first-order valence-electron chi connectivity index (χ1n) is 5.60. The fraction of sp³-hybridized carbons (Fsp3) is 0.214. The van der Waals surface area contributed by atoms with E-state index in [1.165, 1.54) is 6.92 Å². The van der Waals surface area contributed by atoms with Crippen molar-refractivity contribution in [2.75, 3.05) is 7.11 Å². The summed E-state index contributed by atoms with van der Waals surface area (Å²) >= 11 is 0. The molecule has 0 spiro atoms. The fourth-order valence-corrected chi connectivity index (χ4v) is 1.68. The molecule has 4 heteroatoms. The van der Waals surface area contributed by atoms with E-state index in [0.29, 0.717) is 11.3 Å². The second-order valence-electron chi connectivity index (χ2n) is 3.99. The van der Waals surface area contributed by atoms with E-state index >= 15 is 0 Å². The number of carbonyl (C=O) groups excluding carboxylic acids is 1. The van der Waals surface area contributed by atoms with Gasteiger partial charge in [-0.15, -0.1) is 0 Å². The number of benzene rings is 1. The third-order valence-corrected chi connectivity index (χ3v) is 2.70. The number of ketones is 1. The minimum Gasteiger partial charge on any atom is -0.496 e. The summed E-state index contributed by atoms with van der Waals surface area (Å²) in [5.74, 6) is 1.38. The lowest BCUT2D eigenvalue weighted by Crippen LogP contribution is -1.96. The summed E-state index contributed by atoms with van der Waals surface area (Å²) in [7, 11) is 1.58. The zero-order chi connectivity index (χ0) is 13.1. The van der Waals surface area contributed by atoms with Gasteiger partial charge in [-0.3, -0.25) is 4.79 Å². The predicted octanol–water partition coefficient (Wildman–Crippen LogP) is 2.66. The Morgan fingerprint density at radius 1 is 1.22 bits per heavy atom. The topological polar surface area (TPSA) is 52.1 Å². The van der Waals surface area contributed by atoms with E-state index in [9.17, 15) is 4.79 Å². The number of Topliss-reactive ketones (excluding diaryl/α,β-unsaturated/α-hetero) is 1. The summed E-state index contributed by atoms with van der Waals surface area (Å²) in [6.07, 6.45) is 3.49. The standard InChI is InChI=1S/C14H14N2O2/c1-9(17)11-4-5-13(14(6-11)18-3)12-7-15-10(2)16-8-12/h4-8H,1-3H3. The molecule has 1 aromatic heterocycles. The van der Waals surface area contributed by atoms with E-state index in [1.807, 2.05) is 13.0 Å². The van der Waals surface area contributed by atoms with Crippen molar-refractivity contribution in [2.45, 2.75) is 13.8 Å². The lowest BCUT2D eigenvalue weighted by Gasteiger charge is -2.09. The third kappa shape index (κ3) is 2.37. The summed E-state index contributed by atoms with van der Waals surface area (Å²) in [6.45, 7) is 3.36. The molecule has 1 aromatic carbocycles. The van der Waals surface area contributed by atoms with Gasteiger partial charge in [0, 0.05) is 29.1 Å². The summed E-state index contributed by atoms with van der Waals surface area (Å²) < 4.78 is 5.31. The van der Waals surface area contributed by atoms with Crippen molar-refractivity contribution in [3.05, 3.63) is 42.0 Å². The van der Waals surface area contributed by atoms with Crippen molar-refractivity contribution in [1.82, 2.24) is 9.97 Å². The second kappa shape index (κ2) is 4.96. The van der Waals surface area contributed by atoms with Crippen LogP contribution in [0, 0.1) is 6.92 Å². The van der Waals surface area contributed by atoms with Crippen molar-refractivity contribution in [1.29, 1.82) is 0 Å². The van der Waals surface area contributed by atoms with Crippen molar-refractivity contribution in [2.24, 2.45) is 0 Å². The fourth-order valence-electron chi connectivity index (χ4n) is 1.68. The second-order valence-corrected chi connectivity index (χ2v) is 3.99. The van der Waals surface area contributed by atoms with Crippen molar-refractivity contribution >= 4 is 5.78 Å². The van der Waals surface area contributed by atoms with Gasteiger partial charge in [0.05, 0.1) is 7.11 Å². The number of methoxy groups -OCH3 is 1. The van der Waals surface area contributed by atoms with Crippen LogP contribution in [0.2, 0.25) is 0 Å². The average Bonchev–Trinajstić information content (AvgIpc) is 2.39. The van der Waals surface area contributed by atoms with Gasteiger partial charge in [0.2, 0.25) is 0 Å². The Morgan fingerprint density at radius 3 is 2.44 bits per heavy atom. The molecular formula is C14H14N2O2. The summed E-state index contributed by atoms with van der Waals surface area (Å²) in [5, 5.41) is 0. The van der Waals surface area contributed by atoms with Gasteiger partial charge in [-0.25, -0.2) is 9.97 Å². The number of hydrogen-bond donors (Lipinski definition) is 0. The Labute approximate surface area is 106 Å². The van der Waals surface area contributed by atoms with E-state index in [1.54, 1.807) is 31.6 Å². The zero-order valence-electron chi connectivity index (χ0n) is 10.6. The maximum atomic E-state index is 11.3. The lowest BCUT2D eigenvalue weighted by atomic mass is 10.0. The first-order chi connectivity index (χ1) is 8.61. The molecule has 2 aromatic rings. The Morgan fingerprint density at radius 2 is 1.89 bits per heavy atom. The molecule has 4 nitrogen and oxygen atoms in total. The smallest absolute Gasteiger partial charge is 0.159 e. The maximum absolute atomic E-state index is 11.3. The maximum Gasteiger partial charge on any atom is 0.159 e. The molecule has 0 saturated carbocycles. The number of rotatable bonds is 3. The van der Waals surface area contributed by atoms with Gasteiger partial charge in [-0.1, -0.05) is 6.07 Å². The Bertz CT molecular complexity index is 577. The van der Waals surface area contributed by atoms with E-state index in [0.717, 1.165) is 17.0 Å². The molecule has 0 fully saturated rings. The van der Waals surface area contributed by atoms with Crippen LogP contribution < -0.4 is 4.74 Å².